The number of aromatic nitrogens is 5. The van der Waals surface area contributed by atoms with Crippen molar-refractivity contribution >= 4 is 5.91 Å². The first-order chi connectivity index (χ1) is 11.6. The summed E-state index contributed by atoms with van der Waals surface area (Å²) in [4.78, 5) is 19.0. The van der Waals surface area contributed by atoms with Crippen LogP contribution < -0.4 is 0 Å². The van der Waals surface area contributed by atoms with Crippen molar-refractivity contribution in [2.24, 2.45) is 5.41 Å². The second kappa shape index (κ2) is 5.62. The largest absolute Gasteiger partial charge is 0.376 e. The molecular formula is C16H20N6O2. The van der Waals surface area contributed by atoms with Gasteiger partial charge in [-0.15, -0.1) is 10.2 Å². The monoisotopic (exact) mass is 328 g/mol. The minimum Gasteiger partial charge on any atom is -0.376 e. The average Bonchev–Trinajstić information content (AvgIpc) is 3.26. The summed E-state index contributed by atoms with van der Waals surface area (Å²) in [5.41, 5.74) is 1.23. The first-order valence-corrected chi connectivity index (χ1v) is 8.19. The van der Waals surface area contributed by atoms with Crippen LogP contribution in [0.25, 0.3) is 11.4 Å². The van der Waals surface area contributed by atoms with E-state index in [9.17, 15) is 4.79 Å². The van der Waals surface area contributed by atoms with Gasteiger partial charge in [0.2, 0.25) is 5.82 Å². The van der Waals surface area contributed by atoms with Gasteiger partial charge < -0.3 is 9.64 Å². The zero-order chi connectivity index (χ0) is 16.7. The lowest BCUT2D eigenvalue weighted by Crippen LogP contribution is -2.68. The van der Waals surface area contributed by atoms with Gasteiger partial charge in [0.05, 0.1) is 12.1 Å². The Morgan fingerprint density at radius 2 is 2.29 bits per heavy atom. The number of carbonyl (C=O) groups excluding carboxylic acids is 1. The number of ether oxygens (including phenoxy) is 1. The van der Waals surface area contributed by atoms with Crippen molar-refractivity contribution in [3.63, 3.8) is 0 Å². The zero-order valence-electron chi connectivity index (χ0n) is 13.8. The van der Waals surface area contributed by atoms with E-state index in [0.29, 0.717) is 11.5 Å². The van der Waals surface area contributed by atoms with Crippen LogP contribution in [0.5, 0.6) is 0 Å². The van der Waals surface area contributed by atoms with E-state index < -0.39 is 0 Å². The molecule has 0 bridgehead atoms. The number of H-pyrrole nitrogens is 1. The molecule has 2 saturated heterocycles. The first-order valence-electron chi connectivity index (χ1n) is 8.19. The quantitative estimate of drug-likeness (QED) is 0.912. The fraction of sp³-hybridized carbons (Fsp3) is 0.562. The minimum absolute atomic E-state index is 0.0468. The van der Waals surface area contributed by atoms with Crippen LogP contribution in [0.1, 0.15) is 37.2 Å². The molecule has 8 heteroatoms. The van der Waals surface area contributed by atoms with Gasteiger partial charge in [-0.1, -0.05) is 13.8 Å². The number of pyridine rings is 1. The Kier molecular flexibility index (Phi) is 3.56. The Morgan fingerprint density at radius 3 is 2.88 bits per heavy atom. The number of nitrogens with zero attached hydrogens (tertiary/aromatic N) is 5. The molecule has 1 amide bonds. The lowest BCUT2D eigenvalue weighted by atomic mass is 9.71. The molecule has 2 aliphatic heterocycles. The smallest absolute Gasteiger partial charge is 0.272 e. The molecule has 0 saturated carbocycles. The second-order valence-electron chi connectivity index (χ2n) is 7.09. The van der Waals surface area contributed by atoms with Crippen molar-refractivity contribution in [3.05, 3.63) is 24.0 Å². The van der Waals surface area contributed by atoms with E-state index in [1.165, 1.54) is 0 Å². The van der Waals surface area contributed by atoms with Gasteiger partial charge in [0.15, 0.2) is 0 Å². The fourth-order valence-corrected chi connectivity index (χ4v) is 3.78. The van der Waals surface area contributed by atoms with Crippen LogP contribution in [-0.4, -0.2) is 61.7 Å². The molecule has 8 nitrogen and oxygen atoms in total. The van der Waals surface area contributed by atoms with E-state index in [1.54, 1.807) is 18.3 Å². The fourth-order valence-electron chi connectivity index (χ4n) is 3.78. The van der Waals surface area contributed by atoms with Crippen LogP contribution >= 0.6 is 0 Å². The van der Waals surface area contributed by atoms with E-state index in [1.807, 2.05) is 4.90 Å². The molecular weight excluding hydrogens is 308 g/mol. The van der Waals surface area contributed by atoms with Gasteiger partial charge >= 0.3 is 0 Å². The average molecular weight is 328 g/mol. The molecule has 0 radical (unpaired) electrons. The van der Waals surface area contributed by atoms with Crippen LogP contribution in [0.3, 0.4) is 0 Å². The summed E-state index contributed by atoms with van der Waals surface area (Å²) in [6.45, 7) is 5.90. The van der Waals surface area contributed by atoms with Crippen molar-refractivity contribution in [1.29, 1.82) is 0 Å². The Balaban J connectivity index is 1.53. The number of hydrogen-bond donors (Lipinski definition) is 1. The van der Waals surface area contributed by atoms with E-state index in [2.05, 4.69) is 39.5 Å². The van der Waals surface area contributed by atoms with Gasteiger partial charge in [0.1, 0.15) is 5.69 Å². The van der Waals surface area contributed by atoms with Crippen LogP contribution in [0.2, 0.25) is 0 Å². The summed E-state index contributed by atoms with van der Waals surface area (Å²) in [7, 11) is 0. The summed E-state index contributed by atoms with van der Waals surface area (Å²) < 4.78 is 5.84. The van der Waals surface area contributed by atoms with Crippen LogP contribution in [0.4, 0.5) is 0 Å². The maximum Gasteiger partial charge on any atom is 0.272 e. The van der Waals surface area contributed by atoms with Crippen molar-refractivity contribution in [3.8, 4) is 11.4 Å². The predicted molar refractivity (Wildman–Crippen MR) is 85.0 cm³/mol. The third-order valence-corrected chi connectivity index (χ3v) is 4.88. The summed E-state index contributed by atoms with van der Waals surface area (Å²) in [5, 5.41) is 13.7. The predicted octanol–water partition coefficient (Wildman–Crippen LogP) is 1.29. The molecule has 24 heavy (non-hydrogen) atoms. The van der Waals surface area contributed by atoms with Crippen LogP contribution in [0, 0.1) is 5.41 Å². The summed E-state index contributed by atoms with van der Waals surface area (Å²) in [6, 6.07) is 3.62. The molecule has 4 heterocycles. The third-order valence-electron chi connectivity index (χ3n) is 4.88. The molecule has 1 N–H and O–H groups in total. The standard InChI is InChI=1S/C16H20N6O2/c1-16(2)9-22(13(16)12-4-3-7-24-12)15(23)11-6-5-10(8-17-11)14-18-20-21-19-14/h5-6,8,12-13H,3-4,7,9H2,1-2H3,(H,18,19,20,21). The Hall–Kier alpha value is -2.35. The number of rotatable bonds is 3. The highest BCUT2D eigenvalue weighted by atomic mass is 16.5. The molecule has 0 aromatic carbocycles. The Morgan fingerprint density at radius 1 is 1.42 bits per heavy atom. The highest BCUT2D eigenvalue weighted by Gasteiger charge is 2.53. The molecule has 2 unspecified atom stereocenters. The van der Waals surface area contributed by atoms with E-state index in [0.717, 1.165) is 31.6 Å². The molecule has 2 fully saturated rings. The van der Waals surface area contributed by atoms with E-state index >= 15 is 0 Å². The number of carbonyl (C=O) groups is 1. The lowest BCUT2D eigenvalue weighted by Gasteiger charge is -2.56. The van der Waals surface area contributed by atoms with Crippen molar-refractivity contribution in [1.82, 2.24) is 30.5 Å². The SMILES string of the molecule is CC1(C)CN(C(=O)c2ccc(-c3nn[nH]n3)cn2)C1C1CCCO1. The highest BCUT2D eigenvalue weighted by molar-refractivity contribution is 5.93. The topological polar surface area (TPSA) is 96.9 Å². The van der Waals surface area contributed by atoms with Crippen molar-refractivity contribution in [2.45, 2.75) is 38.8 Å². The molecule has 2 atom stereocenters. The van der Waals surface area contributed by atoms with Crippen molar-refractivity contribution < 1.29 is 9.53 Å². The third kappa shape index (κ3) is 2.47. The molecule has 0 spiro atoms. The van der Waals surface area contributed by atoms with Crippen molar-refractivity contribution in [2.75, 3.05) is 13.2 Å². The molecule has 2 aliphatic rings. The van der Waals surface area contributed by atoms with E-state index in [-0.39, 0.29) is 23.5 Å². The minimum atomic E-state index is -0.0468. The van der Waals surface area contributed by atoms with Gasteiger partial charge in [0, 0.05) is 30.3 Å². The van der Waals surface area contributed by atoms with Gasteiger partial charge in [-0.2, -0.15) is 5.21 Å². The second-order valence-corrected chi connectivity index (χ2v) is 7.09. The number of aromatic amines is 1. The maximum atomic E-state index is 12.8. The summed E-state index contributed by atoms with van der Waals surface area (Å²) in [5.74, 6) is 0.415. The van der Waals surface area contributed by atoms with Gasteiger partial charge in [-0.05, 0) is 30.2 Å². The maximum absolute atomic E-state index is 12.8. The summed E-state index contributed by atoms with van der Waals surface area (Å²) in [6.07, 6.45) is 3.82. The summed E-state index contributed by atoms with van der Waals surface area (Å²) >= 11 is 0. The van der Waals surface area contributed by atoms with Crippen LogP contribution in [-0.2, 0) is 4.74 Å². The lowest BCUT2D eigenvalue weighted by molar-refractivity contribution is -0.0962. The zero-order valence-corrected chi connectivity index (χ0v) is 13.8. The first kappa shape index (κ1) is 15.2. The normalized spacial score (nSPS) is 25.5. The highest BCUT2D eigenvalue weighted by Crippen LogP contribution is 2.42. The number of tetrazole rings is 1. The molecule has 0 aliphatic carbocycles. The van der Waals surface area contributed by atoms with E-state index in [4.69, 9.17) is 4.74 Å². The number of amides is 1. The van der Waals surface area contributed by atoms with Gasteiger partial charge in [0.25, 0.3) is 5.91 Å². The Labute approximate surface area is 139 Å². The number of nitrogens with one attached hydrogen (secondary N) is 1. The number of hydrogen-bond acceptors (Lipinski definition) is 6. The molecule has 126 valence electrons. The van der Waals surface area contributed by atoms with Gasteiger partial charge in [-0.25, -0.2) is 0 Å². The van der Waals surface area contributed by atoms with Crippen LogP contribution in [0.15, 0.2) is 18.3 Å². The number of likely N-dealkylation sites (tertiary alicyclic amines) is 1. The molecule has 2 aromatic rings. The molecule has 2 aromatic heterocycles. The molecule has 4 rings (SSSR count). The van der Waals surface area contributed by atoms with Gasteiger partial charge in [-0.3, -0.25) is 9.78 Å². The Bertz CT molecular complexity index is 722.